The van der Waals surface area contributed by atoms with Gasteiger partial charge in [-0.25, -0.2) is 19.1 Å². The Bertz CT molecular complexity index is 1700. The second-order valence-corrected chi connectivity index (χ2v) is 11.0. The van der Waals surface area contributed by atoms with Crippen molar-refractivity contribution in [2.75, 3.05) is 36.4 Å². The fraction of sp³-hybridized carbons (Fsp3) is 0.321. The van der Waals surface area contributed by atoms with Crippen molar-refractivity contribution >= 4 is 46.1 Å². The average Bonchev–Trinajstić information content (AvgIpc) is 2.89. The van der Waals surface area contributed by atoms with Crippen molar-refractivity contribution in [3.8, 4) is 5.69 Å². The van der Waals surface area contributed by atoms with Crippen molar-refractivity contribution in [3.05, 3.63) is 80.1 Å². The van der Waals surface area contributed by atoms with Gasteiger partial charge in [0.15, 0.2) is 5.65 Å². The number of carbonyl (C=O) groups excluding carboxylic acids is 1. The maximum absolute atomic E-state index is 13.1. The number of anilines is 3. The van der Waals surface area contributed by atoms with E-state index >= 15 is 0 Å². The van der Waals surface area contributed by atoms with Crippen LogP contribution in [0.4, 0.5) is 22.1 Å². The fourth-order valence-corrected chi connectivity index (χ4v) is 4.81. The van der Waals surface area contributed by atoms with Crippen molar-refractivity contribution < 1.29 is 9.53 Å². The lowest BCUT2D eigenvalue weighted by atomic mass is 10.1. The summed E-state index contributed by atoms with van der Waals surface area (Å²) in [5.74, 6) is 0.233. The molecule has 5 rings (SSSR count). The van der Waals surface area contributed by atoms with Crippen LogP contribution in [0.2, 0.25) is 5.02 Å². The van der Waals surface area contributed by atoms with Crippen LogP contribution in [0.5, 0.6) is 0 Å². The minimum absolute atomic E-state index is 0.118. The second kappa shape index (κ2) is 10.6. The largest absolute Gasteiger partial charge is 0.444 e. The summed E-state index contributed by atoms with van der Waals surface area (Å²) in [5.41, 5.74) is 1.51. The Labute approximate surface area is 235 Å². The van der Waals surface area contributed by atoms with Crippen molar-refractivity contribution in [2.24, 2.45) is 0 Å². The predicted octanol–water partition coefficient (Wildman–Crippen LogP) is 4.23. The Balaban J connectivity index is 1.31. The molecule has 2 N–H and O–H groups in total. The number of hydrogen-bond donors (Lipinski definition) is 2. The highest BCUT2D eigenvalue weighted by atomic mass is 35.5. The van der Waals surface area contributed by atoms with Gasteiger partial charge in [-0.3, -0.25) is 9.78 Å². The zero-order chi connectivity index (χ0) is 28.6. The van der Waals surface area contributed by atoms with E-state index in [1.165, 1.54) is 6.20 Å². The number of aromatic nitrogens is 4. The molecule has 1 aliphatic rings. The number of ether oxygens (including phenoxy) is 1. The van der Waals surface area contributed by atoms with E-state index in [1.807, 2.05) is 45.9 Å². The third-order valence-corrected chi connectivity index (χ3v) is 6.79. The maximum atomic E-state index is 13.1. The number of piperazine rings is 1. The number of aryl methyl sites for hydroxylation is 1. The van der Waals surface area contributed by atoms with Crippen molar-refractivity contribution in [1.82, 2.24) is 24.4 Å². The quantitative estimate of drug-likeness (QED) is 0.378. The van der Waals surface area contributed by atoms with Gasteiger partial charge in [0.2, 0.25) is 5.95 Å². The maximum Gasteiger partial charge on any atom is 0.410 e. The highest BCUT2D eigenvalue weighted by Crippen LogP contribution is 2.26. The molecule has 1 aliphatic heterocycles. The van der Waals surface area contributed by atoms with Crippen LogP contribution in [-0.4, -0.2) is 62.3 Å². The molecule has 0 aliphatic carbocycles. The summed E-state index contributed by atoms with van der Waals surface area (Å²) in [6, 6.07) is 12.5. The van der Waals surface area contributed by atoms with E-state index in [0.29, 0.717) is 26.2 Å². The zero-order valence-corrected chi connectivity index (χ0v) is 23.5. The van der Waals surface area contributed by atoms with Crippen LogP contribution in [0.15, 0.2) is 58.3 Å². The van der Waals surface area contributed by atoms with E-state index in [9.17, 15) is 14.4 Å². The van der Waals surface area contributed by atoms with Gasteiger partial charge in [0.25, 0.3) is 5.56 Å². The number of fused-ring (bicyclic) bond motifs is 1. The van der Waals surface area contributed by atoms with Crippen LogP contribution in [0.3, 0.4) is 0 Å². The molecule has 1 saturated heterocycles. The molecule has 3 heterocycles. The number of rotatable bonds is 4. The highest BCUT2D eigenvalue weighted by Gasteiger charge is 2.26. The Morgan fingerprint density at radius 2 is 1.77 bits per heavy atom. The first kappa shape index (κ1) is 27.2. The molecule has 11 nitrogen and oxygen atoms in total. The van der Waals surface area contributed by atoms with Gasteiger partial charge in [0.1, 0.15) is 11.0 Å². The molecule has 0 atom stereocenters. The predicted molar refractivity (Wildman–Crippen MR) is 155 cm³/mol. The number of benzene rings is 2. The van der Waals surface area contributed by atoms with E-state index in [-0.39, 0.29) is 33.8 Å². The topological polar surface area (TPSA) is 125 Å². The van der Waals surface area contributed by atoms with E-state index in [2.05, 4.69) is 25.2 Å². The third-order valence-electron chi connectivity index (χ3n) is 6.47. The molecule has 0 radical (unpaired) electrons. The molecule has 12 heteroatoms. The number of nitrogens with one attached hydrogen (secondary N) is 2. The normalized spacial score (nSPS) is 13.9. The molecule has 4 aromatic rings. The van der Waals surface area contributed by atoms with Crippen LogP contribution < -0.4 is 21.5 Å². The molecule has 2 aromatic heterocycles. The number of aromatic amines is 1. The van der Waals surface area contributed by atoms with E-state index < -0.39 is 16.9 Å². The zero-order valence-electron chi connectivity index (χ0n) is 22.7. The molecular formula is C28H30ClN7O4. The molecule has 0 saturated carbocycles. The SMILES string of the molecule is Cc1cc(Nc2ncc3c(=O)n(-c4ccccc4Cl)c(=O)[nH]c3n2)ccc1N1CCN(C(=O)OC(C)(C)C)CC1. The second-order valence-electron chi connectivity index (χ2n) is 10.6. The van der Waals surface area contributed by atoms with Crippen molar-refractivity contribution in [3.63, 3.8) is 0 Å². The van der Waals surface area contributed by atoms with Crippen LogP contribution >= 0.6 is 11.6 Å². The Morgan fingerprint density at radius 1 is 1.05 bits per heavy atom. The summed E-state index contributed by atoms with van der Waals surface area (Å²) in [6.07, 6.45) is 1.09. The standard InChI is InChI=1S/C28H30ClN7O4/c1-17-15-18(9-10-21(17)34-11-13-35(14-12-34)27(39)40-28(2,3)4)31-25-30-16-19-23(32-25)33-26(38)36(24(19)37)22-8-6-5-7-20(22)29/h5-10,15-16H,11-14H2,1-4H3,(H2,30,31,32,33,38). The number of carbonyl (C=O) groups is 1. The minimum Gasteiger partial charge on any atom is -0.444 e. The first-order valence-corrected chi connectivity index (χ1v) is 13.3. The van der Waals surface area contributed by atoms with Gasteiger partial charge in [-0.05, 0) is 63.6 Å². The minimum atomic E-state index is -0.651. The molecule has 1 amide bonds. The van der Waals surface area contributed by atoms with Crippen LogP contribution in [0.1, 0.15) is 26.3 Å². The highest BCUT2D eigenvalue weighted by molar-refractivity contribution is 6.32. The molecule has 0 spiro atoms. The molecule has 208 valence electrons. The smallest absolute Gasteiger partial charge is 0.410 e. The summed E-state index contributed by atoms with van der Waals surface area (Å²) in [5, 5.41) is 3.57. The van der Waals surface area contributed by atoms with Gasteiger partial charge >= 0.3 is 11.8 Å². The molecule has 2 aromatic carbocycles. The van der Waals surface area contributed by atoms with Crippen molar-refractivity contribution in [1.29, 1.82) is 0 Å². The molecule has 0 bridgehead atoms. The van der Waals surface area contributed by atoms with Gasteiger partial charge in [-0.15, -0.1) is 0 Å². The average molecular weight is 564 g/mol. The lowest BCUT2D eigenvalue weighted by Crippen LogP contribution is -2.50. The summed E-state index contributed by atoms with van der Waals surface area (Å²) in [6.45, 7) is 10.1. The van der Waals surface area contributed by atoms with Crippen LogP contribution in [0, 0.1) is 6.92 Å². The van der Waals surface area contributed by atoms with Gasteiger partial charge < -0.3 is 19.9 Å². The molecule has 0 unspecified atom stereocenters. The van der Waals surface area contributed by atoms with Crippen LogP contribution in [-0.2, 0) is 4.74 Å². The summed E-state index contributed by atoms with van der Waals surface area (Å²) in [7, 11) is 0. The summed E-state index contributed by atoms with van der Waals surface area (Å²) in [4.78, 5) is 53.5. The molecule has 40 heavy (non-hydrogen) atoms. The first-order chi connectivity index (χ1) is 19.0. The van der Waals surface area contributed by atoms with Gasteiger partial charge in [0.05, 0.1) is 10.7 Å². The van der Waals surface area contributed by atoms with Gasteiger partial charge in [-0.2, -0.15) is 4.98 Å². The van der Waals surface area contributed by atoms with E-state index in [0.717, 1.165) is 21.5 Å². The molecular weight excluding hydrogens is 534 g/mol. The van der Waals surface area contributed by atoms with Crippen molar-refractivity contribution in [2.45, 2.75) is 33.3 Å². The number of hydrogen-bond acceptors (Lipinski definition) is 8. The Kier molecular flexibility index (Phi) is 7.24. The third kappa shape index (κ3) is 5.64. The van der Waals surface area contributed by atoms with Gasteiger partial charge in [0, 0.05) is 43.8 Å². The number of H-pyrrole nitrogens is 1. The monoisotopic (exact) mass is 563 g/mol. The number of nitrogens with zero attached hydrogens (tertiary/aromatic N) is 5. The van der Waals surface area contributed by atoms with Gasteiger partial charge in [-0.1, -0.05) is 23.7 Å². The lowest BCUT2D eigenvalue weighted by Gasteiger charge is -2.37. The number of halogens is 1. The Morgan fingerprint density at radius 3 is 2.45 bits per heavy atom. The Hall–Kier alpha value is -4.38. The molecule has 1 fully saturated rings. The summed E-state index contributed by atoms with van der Waals surface area (Å²) >= 11 is 6.21. The summed E-state index contributed by atoms with van der Waals surface area (Å²) < 4.78 is 6.46. The van der Waals surface area contributed by atoms with E-state index in [1.54, 1.807) is 29.2 Å². The fourth-order valence-electron chi connectivity index (χ4n) is 4.59. The number of amides is 1. The number of para-hydroxylation sites is 1. The first-order valence-electron chi connectivity index (χ1n) is 12.9. The van der Waals surface area contributed by atoms with Crippen LogP contribution in [0.25, 0.3) is 16.7 Å². The van der Waals surface area contributed by atoms with E-state index in [4.69, 9.17) is 16.3 Å². The lowest BCUT2D eigenvalue weighted by molar-refractivity contribution is 0.0240.